The molecule has 0 bridgehead atoms. The third-order valence-corrected chi connectivity index (χ3v) is 4.37. The number of rotatable bonds is 11. The number of ether oxygens (including phenoxy) is 4. The summed E-state index contributed by atoms with van der Waals surface area (Å²) < 4.78 is 21.7. The molecule has 0 aliphatic rings. The molecule has 9 heteroatoms. The molecule has 0 spiro atoms. The van der Waals surface area contributed by atoms with Crippen LogP contribution in [0.5, 0.6) is 17.2 Å². The van der Waals surface area contributed by atoms with Crippen molar-refractivity contribution in [1.82, 2.24) is 5.32 Å². The summed E-state index contributed by atoms with van der Waals surface area (Å²) in [4.78, 5) is 12.7. The van der Waals surface area contributed by atoms with E-state index in [0.29, 0.717) is 65.7 Å². The van der Waals surface area contributed by atoms with Gasteiger partial charge >= 0.3 is 0 Å². The van der Waals surface area contributed by atoms with Crippen LogP contribution in [-0.4, -0.2) is 51.6 Å². The highest BCUT2D eigenvalue weighted by atomic mass is 32.1. The Hall–Kier alpha value is -3.04. The summed E-state index contributed by atoms with van der Waals surface area (Å²) in [5.41, 5.74) is 1.62. The summed E-state index contributed by atoms with van der Waals surface area (Å²) in [5, 5.41) is 9.48. The van der Waals surface area contributed by atoms with E-state index in [9.17, 15) is 4.79 Å². The van der Waals surface area contributed by atoms with Crippen LogP contribution in [0.4, 0.5) is 11.4 Å². The van der Waals surface area contributed by atoms with Gasteiger partial charge in [-0.3, -0.25) is 4.79 Å². The first-order chi connectivity index (χ1) is 15.0. The average molecular weight is 448 g/mol. The Bertz CT molecular complexity index is 874. The molecule has 0 radical (unpaired) electrons. The van der Waals surface area contributed by atoms with Gasteiger partial charge in [-0.2, -0.15) is 0 Å². The van der Waals surface area contributed by atoms with Crippen molar-refractivity contribution < 1.29 is 23.7 Å². The first-order valence-corrected chi connectivity index (χ1v) is 10.4. The number of hydrogen-bond donors (Lipinski definition) is 3. The van der Waals surface area contributed by atoms with E-state index in [1.807, 2.05) is 13.8 Å². The third-order valence-electron chi connectivity index (χ3n) is 4.12. The maximum atomic E-state index is 12.7. The fourth-order valence-corrected chi connectivity index (χ4v) is 2.89. The van der Waals surface area contributed by atoms with E-state index in [2.05, 4.69) is 16.0 Å². The maximum absolute atomic E-state index is 12.7. The molecule has 0 aromatic heterocycles. The van der Waals surface area contributed by atoms with Crippen LogP contribution in [0, 0.1) is 0 Å². The van der Waals surface area contributed by atoms with Crippen LogP contribution in [0.25, 0.3) is 0 Å². The molecule has 0 heterocycles. The number of methoxy groups -OCH3 is 2. The van der Waals surface area contributed by atoms with Crippen LogP contribution in [0.2, 0.25) is 0 Å². The van der Waals surface area contributed by atoms with E-state index in [0.717, 1.165) is 0 Å². The Morgan fingerprint density at radius 3 is 2.03 bits per heavy atom. The summed E-state index contributed by atoms with van der Waals surface area (Å²) in [6.07, 6.45) is 0. The molecule has 2 aromatic rings. The molecule has 0 fully saturated rings. The van der Waals surface area contributed by atoms with Gasteiger partial charge in [-0.15, -0.1) is 0 Å². The number of nitrogens with one attached hydrogen (secondary N) is 3. The van der Waals surface area contributed by atoms with Gasteiger partial charge in [0.15, 0.2) is 5.11 Å². The van der Waals surface area contributed by atoms with Crippen molar-refractivity contribution in [3.8, 4) is 17.2 Å². The largest absolute Gasteiger partial charge is 0.497 e. The highest BCUT2D eigenvalue weighted by Gasteiger charge is 2.16. The topological polar surface area (TPSA) is 90.1 Å². The van der Waals surface area contributed by atoms with Crippen LogP contribution < -0.4 is 30.2 Å². The lowest BCUT2D eigenvalue weighted by Crippen LogP contribution is -2.31. The highest BCUT2D eigenvalue weighted by Crippen LogP contribution is 2.37. The van der Waals surface area contributed by atoms with Crippen LogP contribution in [0.3, 0.4) is 0 Å². The minimum atomic E-state index is -0.275. The molecule has 0 saturated heterocycles. The molecule has 0 aliphatic carbocycles. The number of amides is 1. The van der Waals surface area contributed by atoms with Crippen molar-refractivity contribution in [3.63, 3.8) is 0 Å². The normalized spacial score (nSPS) is 10.2. The second-order valence-corrected chi connectivity index (χ2v) is 6.68. The predicted octanol–water partition coefficient (Wildman–Crippen LogP) is 3.68. The fraction of sp³-hybridized carbons (Fsp3) is 0.364. The molecule has 8 nitrogen and oxygen atoms in total. The standard InChI is InChI=1S/C22H29N3O5S/c1-5-29-19-14-18(25-22(31)23-11-12-27-3)20(30-6-2)13-17(19)24-21(26)15-7-9-16(28-4)10-8-15/h7-10,13-14H,5-6,11-12H2,1-4H3,(H,24,26)(H2,23,25,31). The first-order valence-electron chi connectivity index (χ1n) is 9.95. The van der Waals surface area contributed by atoms with Crippen molar-refractivity contribution in [2.75, 3.05) is 51.2 Å². The molecule has 2 aromatic carbocycles. The first kappa shape index (κ1) is 24.2. The van der Waals surface area contributed by atoms with E-state index in [-0.39, 0.29) is 5.91 Å². The zero-order chi connectivity index (χ0) is 22.6. The monoisotopic (exact) mass is 447 g/mol. The van der Waals surface area contributed by atoms with Gasteiger partial charge in [-0.05, 0) is 50.3 Å². The van der Waals surface area contributed by atoms with Gasteiger partial charge in [0, 0.05) is 31.4 Å². The molecular formula is C22H29N3O5S. The van der Waals surface area contributed by atoms with E-state index >= 15 is 0 Å². The molecule has 1 amide bonds. The molecule has 2 rings (SSSR count). The molecule has 0 saturated carbocycles. The highest BCUT2D eigenvalue weighted by molar-refractivity contribution is 7.80. The van der Waals surface area contributed by atoms with Crippen molar-refractivity contribution in [3.05, 3.63) is 42.0 Å². The lowest BCUT2D eigenvalue weighted by atomic mass is 10.2. The number of hydrogen-bond acceptors (Lipinski definition) is 6. The lowest BCUT2D eigenvalue weighted by molar-refractivity contribution is 0.102. The molecule has 0 unspecified atom stereocenters. The predicted molar refractivity (Wildman–Crippen MR) is 126 cm³/mol. The fourth-order valence-electron chi connectivity index (χ4n) is 2.68. The zero-order valence-corrected chi connectivity index (χ0v) is 19.1. The molecule has 0 aliphatic heterocycles. The number of anilines is 2. The van der Waals surface area contributed by atoms with Crippen molar-refractivity contribution in [2.24, 2.45) is 0 Å². The van der Waals surface area contributed by atoms with Gasteiger partial charge in [0.05, 0.1) is 38.3 Å². The molecular weight excluding hydrogens is 418 g/mol. The Labute approximate surface area is 188 Å². The molecule has 168 valence electrons. The summed E-state index contributed by atoms with van der Waals surface area (Å²) in [6, 6.07) is 10.3. The molecule has 0 atom stereocenters. The van der Waals surface area contributed by atoms with E-state index in [1.54, 1.807) is 50.6 Å². The number of carbonyl (C=O) groups is 1. The summed E-state index contributed by atoms with van der Waals surface area (Å²) in [7, 11) is 3.20. The van der Waals surface area contributed by atoms with Gasteiger partial charge in [0.1, 0.15) is 17.2 Å². The minimum Gasteiger partial charge on any atom is -0.497 e. The van der Waals surface area contributed by atoms with Crippen molar-refractivity contribution in [1.29, 1.82) is 0 Å². The average Bonchev–Trinajstić information content (AvgIpc) is 2.77. The SMILES string of the molecule is CCOc1cc(NC(=S)NCCOC)c(OCC)cc1NC(=O)c1ccc(OC)cc1. The van der Waals surface area contributed by atoms with Crippen LogP contribution in [0.15, 0.2) is 36.4 Å². The van der Waals surface area contributed by atoms with Crippen LogP contribution >= 0.6 is 12.2 Å². The van der Waals surface area contributed by atoms with Gasteiger partial charge < -0.3 is 34.9 Å². The Morgan fingerprint density at radius 1 is 0.935 bits per heavy atom. The van der Waals surface area contributed by atoms with Crippen LogP contribution in [-0.2, 0) is 4.74 Å². The summed E-state index contributed by atoms with van der Waals surface area (Å²) in [6.45, 7) is 5.72. The van der Waals surface area contributed by atoms with Gasteiger partial charge in [-0.1, -0.05) is 0 Å². The smallest absolute Gasteiger partial charge is 0.255 e. The summed E-state index contributed by atoms with van der Waals surface area (Å²) in [5.74, 6) is 1.43. The van der Waals surface area contributed by atoms with Crippen molar-refractivity contribution in [2.45, 2.75) is 13.8 Å². The maximum Gasteiger partial charge on any atom is 0.255 e. The molecule has 3 N–H and O–H groups in total. The number of thiocarbonyl (C=S) groups is 1. The number of carbonyl (C=O) groups excluding carboxylic acids is 1. The quantitative estimate of drug-likeness (QED) is 0.355. The van der Waals surface area contributed by atoms with Gasteiger partial charge in [-0.25, -0.2) is 0 Å². The molecule has 31 heavy (non-hydrogen) atoms. The van der Waals surface area contributed by atoms with Crippen molar-refractivity contribution >= 4 is 34.6 Å². The van der Waals surface area contributed by atoms with E-state index < -0.39 is 0 Å². The van der Waals surface area contributed by atoms with Crippen LogP contribution in [0.1, 0.15) is 24.2 Å². The lowest BCUT2D eigenvalue weighted by Gasteiger charge is -2.19. The minimum absolute atomic E-state index is 0.275. The third kappa shape index (κ3) is 7.30. The zero-order valence-electron chi connectivity index (χ0n) is 18.2. The van der Waals surface area contributed by atoms with E-state index in [1.165, 1.54) is 0 Å². The van der Waals surface area contributed by atoms with E-state index in [4.69, 9.17) is 31.2 Å². The Kier molecular flexibility index (Phi) is 9.86. The second-order valence-electron chi connectivity index (χ2n) is 6.27. The summed E-state index contributed by atoms with van der Waals surface area (Å²) >= 11 is 5.33. The Balaban J connectivity index is 2.27. The second kappa shape index (κ2) is 12.6. The number of benzene rings is 2. The van der Waals surface area contributed by atoms with Gasteiger partial charge in [0.25, 0.3) is 5.91 Å². The van der Waals surface area contributed by atoms with Gasteiger partial charge in [0.2, 0.25) is 0 Å². The Morgan fingerprint density at radius 2 is 1.52 bits per heavy atom.